The Balaban J connectivity index is 1.67. The van der Waals surface area contributed by atoms with Gasteiger partial charge in [0.15, 0.2) is 0 Å². The standard InChI is InChI=1S/C16H23NO3S/c1-19-14-10-12(17)4-5-15(14)21(18)11-13-6-9-16(20-13)7-2-3-8-16/h4-5,10,13H,2-3,6-9,11,17H2,1H3. The van der Waals surface area contributed by atoms with Gasteiger partial charge in [0.1, 0.15) is 5.75 Å². The molecule has 1 saturated carbocycles. The van der Waals surface area contributed by atoms with Crippen LogP contribution in [0.15, 0.2) is 23.1 Å². The third-order valence-electron chi connectivity index (χ3n) is 4.62. The van der Waals surface area contributed by atoms with Crippen LogP contribution < -0.4 is 10.5 Å². The summed E-state index contributed by atoms with van der Waals surface area (Å²) in [6.45, 7) is 0. The highest BCUT2D eigenvalue weighted by Gasteiger charge is 2.42. The molecule has 116 valence electrons. The Morgan fingerprint density at radius 1 is 1.38 bits per heavy atom. The summed E-state index contributed by atoms with van der Waals surface area (Å²) in [6, 6.07) is 5.29. The van der Waals surface area contributed by atoms with Crippen LogP contribution in [0.4, 0.5) is 5.69 Å². The Kier molecular flexibility index (Phi) is 4.22. The number of nitrogen functional groups attached to an aromatic ring is 1. The molecule has 4 nitrogen and oxygen atoms in total. The SMILES string of the molecule is COc1cc(N)ccc1S(=O)CC1CCC2(CCCC2)O1. The smallest absolute Gasteiger partial charge is 0.137 e. The van der Waals surface area contributed by atoms with Gasteiger partial charge in [-0.2, -0.15) is 0 Å². The van der Waals surface area contributed by atoms with Gasteiger partial charge < -0.3 is 15.2 Å². The van der Waals surface area contributed by atoms with Crippen LogP contribution in [-0.2, 0) is 15.5 Å². The van der Waals surface area contributed by atoms with Gasteiger partial charge in [0.05, 0.1) is 40.3 Å². The van der Waals surface area contributed by atoms with Gasteiger partial charge in [-0.3, -0.25) is 4.21 Å². The van der Waals surface area contributed by atoms with Crippen molar-refractivity contribution in [3.8, 4) is 5.75 Å². The molecule has 2 unspecified atom stereocenters. The molecular formula is C16H23NO3S. The first-order valence-corrected chi connectivity index (χ1v) is 8.93. The predicted molar refractivity (Wildman–Crippen MR) is 84.0 cm³/mol. The van der Waals surface area contributed by atoms with Crippen molar-refractivity contribution in [1.82, 2.24) is 0 Å². The third kappa shape index (κ3) is 3.09. The number of anilines is 1. The van der Waals surface area contributed by atoms with Crippen molar-refractivity contribution in [2.45, 2.75) is 55.1 Å². The number of hydrogen-bond donors (Lipinski definition) is 1. The fraction of sp³-hybridized carbons (Fsp3) is 0.625. The Hall–Kier alpha value is -1.07. The molecule has 1 spiro atoms. The van der Waals surface area contributed by atoms with Crippen molar-refractivity contribution < 1.29 is 13.7 Å². The summed E-state index contributed by atoms with van der Waals surface area (Å²) in [6.07, 6.45) is 7.11. The van der Waals surface area contributed by atoms with E-state index in [1.165, 1.54) is 25.7 Å². The lowest BCUT2D eigenvalue weighted by atomic mass is 9.98. The van der Waals surface area contributed by atoms with Crippen molar-refractivity contribution in [3.05, 3.63) is 18.2 Å². The van der Waals surface area contributed by atoms with E-state index in [0.717, 1.165) is 12.8 Å². The Morgan fingerprint density at radius 2 is 2.14 bits per heavy atom. The number of hydrogen-bond acceptors (Lipinski definition) is 4. The van der Waals surface area contributed by atoms with Crippen molar-refractivity contribution in [2.24, 2.45) is 0 Å². The van der Waals surface area contributed by atoms with Crippen LogP contribution in [0.2, 0.25) is 0 Å². The van der Waals surface area contributed by atoms with E-state index in [0.29, 0.717) is 22.1 Å². The molecule has 0 bridgehead atoms. The first kappa shape index (κ1) is 14.9. The summed E-state index contributed by atoms with van der Waals surface area (Å²) < 4.78 is 24.1. The molecule has 0 amide bonds. The fourth-order valence-electron chi connectivity index (χ4n) is 3.53. The van der Waals surface area contributed by atoms with Crippen LogP contribution in [-0.4, -0.2) is 28.8 Å². The summed E-state index contributed by atoms with van der Waals surface area (Å²) in [5.41, 5.74) is 6.46. The normalized spacial score (nSPS) is 25.3. The molecule has 2 N–H and O–H groups in total. The molecule has 1 saturated heterocycles. The largest absolute Gasteiger partial charge is 0.495 e. The molecule has 0 aromatic heterocycles. The summed E-state index contributed by atoms with van der Waals surface area (Å²) in [5, 5.41) is 0. The molecule has 1 aromatic carbocycles. The van der Waals surface area contributed by atoms with Crippen LogP contribution in [0.3, 0.4) is 0 Å². The van der Waals surface area contributed by atoms with Gasteiger partial charge in [-0.1, -0.05) is 12.8 Å². The second-order valence-electron chi connectivity index (χ2n) is 6.09. The monoisotopic (exact) mass is 309 g/mol. The van der Waals surface area contributed by atoms with E-state index in [1.54, 1.807) is 25.3 Å². The van der Waals surface area contributed by atoms with Gasteiger partial charge in [0, 0.05) is 11.8 Å². The van der Waals surface area contributed by atoms with E-state index >= 15 is 0 Å². The molecule has 3 rings (SSSR count). The zero-order valence-corrected chi connectivity index (χ0v) is 13.3. The zero-order valence-electron chi connectivity index (χ0n) is 12.5. The number of methoxy groups -OCH3 is 1. The molecule has 5 heteroatoms. The van der Waals surface area contributed by atoms with Crippen LogP contribution in [0.1, 0.15) is 38.5 Å². The quantitative estimate of drug-likeness (QED) is 0.869. The first-order chi connectivity index (χ1) is 10.1. The van der Waals surface area contributed by atoms with Gasteiger partial charge in [0.25, 0.3) is 0 Å². The maximum atomic E-state index is 12.6. The highest BCUT2D eigenvalue weighted by Crippen LogP contribution is 2.43. The van der Waals surface area contributed by atoms with Gasteiger partial charge in [0.2, 0.25) is 0 Å². The van der Waals surface area contributed by atoms with Crippen molar-refractivity contribution >= 4 is 16.5 Å². The van der Waals surface area contributed by atoms with E-state index in [-0.39, 0.29) is 11.7 Å². The first-order valence-electron chi connectivity index (χ1n) is 7.62. The molecule has 0 radical (unpaired) electrons. The van der Waals surface area contributed by atoms with E-state index in [9.17, 15) is 4.21 Å². The van der Waals surface area contributed by atoms with Crippen LogP contribution in [0.25, 0.3) is 0 Å². The Morgan fingerprint density at radius 3 is 2.86 bits per heavy atom. The van der Waals surface area contributed by atoms with Gasteiger partial charge in [-0.25, -0.2) is 0 Å². The molecule has 1 aromatic rings. The second kappa shape index (κ2) is 5.97. The molecule has 2 fully saturated rings. The number of nitrogens with two attached hydrogens (primary N) is 1. The van der Waals surface area contributed by atoms with E-state index in [4.69, 9.17) is 15.2 Å². The lowest BCUT2D eigenvalue weighted by Gasteiger charge is -2.23. The minimum absolute atomic E-state index is 0.0973. The maximum absolute atomic E-state index is 12.6. The second-order valence-corrected chi connectivity index (χ2v) is 7.56. The lowest BCUT2D eigenvalue weighted by molar-refractivity contribution is -0.0270. The predicted octanol–water partition coefficient (Wildman–Crippen LogP) is 2.88. The molecule has 1 aliphatic carbocycles. The Bertz CT molecular complexity index is 540. The Labute approximate surface area is 128 Å². The van der Waals surface area contributed by atoms with Crippen molar-refractivity contribution in [3.63, 3.8) is 0 Å². The zero-order chi connectivity index (χ0) is 14.9. The number of ether oxygens (including phenoxy) is 2. The maximum Gasteiger partial charge on any atom is 0.137 e. The average molecular weight is 309 g/mol. The van der Waals surface area contributed by atoms with E-state index < -0.39 is 10.8 Å². The third-order valence-corrected chi connectivity index (χ3v) is 6.13. The minimum Gasteiger partial charge on any atom is -0.495 e. The van der Waals surface area contributed by atoms with E-state index in [2.05, 4.69) is 0 Å². The molecule has 21 heavy (non-hydrogen) atoms. The van der Waals surface area contributed by atoms with Crippen LogP contribution in [0, 0.1) is 0 Å². The van der Waals surface area contributed by atoms with Gasteiger partial charge in [-0.15, -0.1) is 0 Å². The molecule has 1 aliphatic heterocycles. The van der Waals surface area contributed by atoms with Gasteiger partial charge >= 0.3 is 0 Å². The van der Waals surface area contributed by atoms with Gasteiger partial charge in [-0.05, 0) is 37.8 Å². The van der Waals surface area contributed by atoms with Crippen LogP contribution >= 0.6 is 0 Å². The van der Waals surface area contributed by atoms with Crippen molar-refractivity contribution in [1.29, 1.82) is 0 Å². The summed E-state index contributed by atoms with van der Waals surface area (Å²) >= 11 is 0. The van der Waals surface area contributed by atoms with E-state index in [1.807, 2.05) is 0 Å². The summed E-state index contributed by atoms with van der Waals surface area (Å²) in [7, 11) is 0.463. The average Bonchev–Trinajstić information content (AvgIpc) is 3.09. The lowest BCUT2D eigenvalue weighted by Crippen LogP contribution is -2.27. The fourth-order valence-corrected chi connectivity index (χ4v) is 4.87. The summed E-state index contributed by atoms with van der Waals surface area (Å²) in [5.74, 6) is 1.14. The number of rotatable bonds is 4. The molecule has 1 heterocycles. The number of benzene rings is 1. The topological polar surface area (TPSA) is 61.5 Å². The molecule has 2 atom stereocenters. The minimum atomic E-state index is -1.12. The van der Waals surface area contributed by atoms with Crippen LogP contribution in [0.5, 0.6) is 5.75 Å². The molecule has 2 aliphatic rings. The highest BCUT2D eigenvalue weighted by atomic mass is 32.2. The highest BCUT2D eigenvalue weighted by molar-refractivity contribution is 7.85. The summed E-state index contributed by atoms with van der Waals surface area (Å²) in [4.78, 5) is 0.711. The molecular weight excluding hydrogens is 286 g/mol. The van der Waals surface area contributed by atoms with Crippen molar-refractivity contribution in [2.75, 3.05) is 18.6 Å².